The van der Waals surface area contributed by atoms with E-state index in [0.717, 1.165) is 5.56 Å². The van der Waals surface area contributed by atoms with Crippen LogP contribution in [-0.4, -0.2) is 40.9 Å². The molecule has 0 aliphatic carbocycles. The molecule has 0 saturated carbocycles. The van der Waals surface area contributed by atoms with Gasteiger partial charge in [-0.05, 0) is 31.4 Å². The molecule has 0 aliphatic rings. The SMILES string of the molecule is CCC(C)OC(=O)C(Nc1ccccc1CCO)C(=O)O. The number of aliphatic hydroxyl groups excluding tert-OH is 1. The van der Waals surface area contributed by atoms with E-state index in [1.54, 1.807) is 31.2 Å². The van der Waals surface area contributed by atoms with Crippen LogP contribution in [0.4, 0.5) is 5.69 Å². The molecular weight excluding hydrogens is 274 g/mol. The van der Waals surface area contributed by atoms with E-state index in [1.165, 1.54) is 0 Å². The molecule has 0 aromatic heterocycles. The Bertz CT molecular complexity index is 489. The second-order valence-electron chi connectivity index (χ2n) is 4.70. The van der Waals surface area contributed by atoms with Crippen molar-refractivity contribution in [1.82, 2.24) is 0 Å². The summed E-state index contributed by atoms with van der Waals surface area (Å²) in [4.78, 5) is 23.2. The van der Waals surface area contributed by atoms with Gasteiger partial charge in [-0.2, -0.15) is 0 Å². The normalized spacial score (nSPS) is 13.3. The Labute approximate surface area is 123 Å². The minimum atomic E-state index is -1.47. The monoisotopic (exact) mass is 295 g/mol. The Balaban J connectivity index is 2.88. The largest absolute Gasteiger partial charge is 0.479 e. The number of ether oxygens (including phenoxy) is 1. The molecule has 116 valence electrons. The van der Waals surface area contributed by atoms with Gasteiger partial charge in [0.05, 0.1) is 6.10 Å². The van der Waals surface area contributed by atoms with Gasteiger partial charge >= 0.3 is 11.9 Å². The first-order valence-corrected chi connectivity index (χ1v) is 6.88. The number of hydrogen-bond donors (Lipinski definition) is 3. The maximum absolute atomic E-state index is 11.9. The lowest BCUT2D eigenvalue weighted by Gasteiger charge is -2.19. The van der Waals surface area contributed by atoms with Crippen molar-refractivity contribution in [3.63, 3.8) is 0 Å². The highest BCUT2D eigenvalue weighted by atomic mass is 16.5. The van der Waals surface area contributed by atoms with Gasteiger partial charge < -0.3 is 20.3 Å². The summed E-state index contributed by atoms with van der Waals surface area (Å²) < 4.78 is 5.06. The summed E-state index contributed by atoms with van der Waals surface area (Å²) in [6.07, 6.45) is 0.642. The van der Waals surface area contributed by atoms with Gasteiger partial charge in [0.1, 0.15) is 0 Å². The summed E-state index contributed by atoms with van der Waals surface area (Å²) >= 11 is 0. The van der Waals surface area contributed by atoms with Gasteiger partial charge in [0.2, 0.25) is 6.04 Å². The Morgan fingerprint density at radius 3 is 2.57 bits per heavy atom. The van der Waals surface area contributed by atoms with Crippen LogP contribution in [0.1, 0.15) is 25.8 Å². The van der Waals surface area contributed by atoms with Gasteiger partial charge in [-0.25, -0.2) is 9.59 Å². The third-order valence-electron chi connectivity index (χ3n) is 3.07. The maximum Gasteiger partial charge on any atom is 0.340 e. The number of esters is 1. The molecule has 6 nitrogen and oxygen atoms in total. The Kier molecular flexibility index (Phi) is 6.68. The summed E-state index contributed by atoms with van der Waals surface area (Å²) in [5.74, 6) is -2.13. The highest BCUT2D eigenvalue weighted by molar-refractivity contribution is 6.01. The molecule has 0 spiro atoms. The van der Waals surface area contributed by atoms with Gasteiger partial charge in [-0.1, -0.05) is 25.1 Å². The average Bonchev–Trinajstić information content (AvgIpc) is 2.45. The van der Waals surface area contributed by atoms with Crippen LogP contribution in [0.25, 0.3) is 0 Å². The number of carboxylic acids is 1. The van der Waals surface area contributed by atoms with E-state index in [4.69, 9.17) is 9.84 Å². The molecule has 0 radical (unpaired) electrons. The predicted molar refractivity (Wildman–Crippen MR) is 78.1 cm³/mol. The van der Waals surface area contributed by atoms with Gasteiger partial charge in [-0.3, -0.25) is 0 Å². The molecule has 0 saturated heterocycles. The van der Waals surface area contributed by atoms with Crippen LogP contribution in [0.15, 0.2) is 24.3 Å². The molecule has 0 bridgehead atoms. The number of carboxylic acid groups (broad SMARTS) is 1. The molecule has 1 rings (SSSR count). The van der Waals surface area contributed by atoms with Crippen LogP contribution < -0.4 is 5.32 Å². The Morgan fingerprint density at radius 1 is 1.33 bits per heavy atom. The fourth-order valence-corrected chi connectivity index (χ4v) is 1.73. The molecule has 1 aromatic carbocycles. The van der Waals surface area contributed by atoms with E-state index in [9.17, 15) is 14.7 Å². The van der Waals surface area contributed by atoms with E-state index < -0.39 is 18.0 Å². The van der Waals surface area contributed by atoms with E-state index in [2.05, 4.69) is 5.32 Å². The van der Waals surface area contributed by atoms with Crippen molar-refractivity contribution in [2.45, 2.75) is 38.8 Å². The summed E-state index contributed by atoms with van der Waals surface area (Å²) in [6, 6.07) is 5.46. The lowest BCUT2D eigenvalue weighted by atomic mass is 10.1. The van der Waals surface area contributed by atoms with Crippen LogP contribution in [0.3, 0.4) is 0 Å². The summed E-state index contributed by atoms with van der Waals surface area (Å²) in [6.45, 7) is 3.49. The number of carbonyl (C=O) groups excluding carboxylic acids is 1. The summed E-state index contributed by atoms with van der Waals surface area (Å²) in [7, 11) is 0. The predicted octanol–water partition coefficient (Wildman–Crippen LogP) is 1.43. The number of carbonyl (C=O) groups is 2. The molecule has 1 aromatic rings. The van der Waals surface area contributed by atoms with Gasteiger partial charge in [0, 0.05) is 12.3 Å². The van der Waals surface area contributed by atoms with E-state index in [0.29, 0.717) is 18.5 Å². The highest BCUT2D eigenvalue weighted by Crippen LogP contribution is 2.17. The van der Waals surface area contributed by atoms with E-state index in [1.807, 2.05) is 6.92 Å². The van der Waals surface area contributed by atoms with Gasteiger partial charge in [0.25, 0.3) is 0 Å². The Morgan fingerprint density at radius 2 is 2.00 bits per heavy atom. The summed E-state index contributed by atoms with van der Waals surface area (Å²) in [5, 5.41) is 20.9. The second-order valence-corrected chi connectivity index (χ2v) is 4.70. The molecule has 21 heavy (non-hydrogen) atoms. The maximum atomic E-state index is 11.9. The number of para-hydroxylation sites is 1. The lowest BCUT2D eigenvalue weighted by molar-refractivity contribution is -0.156. The molecule has 0 fully saturated rings. The average molecular weight is 295 g/mol. The number of benzene rings is 1. The van der Waals surface area contributed by atoms with Crippen molar-refractivity contribution >= 4 is 17.6 Å². The number of aliphatic carboxylic acids is 1. The first kappa shape index (κ1) is 17.0. The smallest absolute Gasteiger partial charge is 0.340 e. The molecule has 0 heterocycles. The highest BCUT2D eigenvalue weighted by Gasteiger charge is 2.29. The molecule has 2 unspecified atom stereocenters. The zero-order valence-corrected chi connectivity index (χ0v) is 12.2. The number of aliphatic hydroxyl groups is 1. The van der Waals surface area contributed by atoms with Crippen molar-refractivity contribution in [2.24, 2.45) is 0 Å². The number of rotatable bonds is 8. The minimum absolute atomic E-state index is 0.0618. The van der Waals surface area contributed by atoms with Crippen LogP contribution in [0.5, 0.6) is 0 Å². The van der Waals surface area contributed by atoms with Crippen molar-refractivity contribution < 1.29 is 24.5 Å². The third-order valence-corrected chi connectivity index (χ3v) is 3.07. The number of nitrogens with one attached hydrogen (secondary N) is 1. The zero-order chi connectivity index (χ0) is 15.8. The first-order valence-electron chi connectivity index (χ1n) is 6.88. The Hall–Kier alpha value is -2.08. The molecule has 6 heteroatoms. The zero-order valence-electron chi connectivity index (χ0n) is 12.2. The van der Waals surface area contributed by atoms with E-state index in [-0.39, 0.29) is 12.7 Å². The summed E-state index contributed by atoms with van der Waals surface area (Å²) in [5.41, 5.74) is 1.24. The van der Waals surface area contributed by atoms with Crippen LogP contribution in [-0.2, 0) is 20.7 Å². The molecule has 0 aliphatic heterocycles. The molecule has 2 atom stereocenters. The van der Waals surface area contributed by atoms with Crippen LogP contribution in [0.2, 0.25) is 0 Å². The van der Waals surface area contributed by atoms with Crippen molar-refractivity contribution in [1.29, 1.82) is 0 Å². The standard InChI is InChI=1S/C15H21NO5/c1-3-10(2)21-15(20)13(14(18)19)16-12-7-5-4-6-11(12)8-9-17/h4-7,10,13,16-17H,3,8-9H2,1-2H3,(H,18,19). The molecule has 3 N–H and O–H groups in total. The van der Waals surface area contributed by atoms with Crippen LogP contribution >= 0.6 is 0 Å². The lowest BCUT2D eigenvalue weighted by Crippen LogP contribution is -2.40. The third kappa shape index (κ3) is 5.07. The fraction of sp³-hybridized carbons (Fsp3) is 0.467. The van der Waals surface area contributed by atoms with Gasteiger partial charge in [0.15, 0.2) is 0 Å². The minimum Gasteiger partial charge on any atom is -0.479 e. The van der Waals surface area contributed by atoms with Crippen molar-refractivity contribution in [2.75, 3.05) is 11.9 Å². The molecule has 0 amide bonds. The van der Waals surface area contributed by atoms with Crippen molar-refractivity contribution in [3.8, 4) is 0 Å². The molecular formula is C15H21NO5. The number of anilines is 1. The topological polar surface area (TPSA) is 95.9 Å². The quantitative estimate of drug-likeness (QED) is 0.496. The van der Waals surface area contributed by atoms with Gasteiger partial charge in [-0.15, -0.1) is 0 Å². The fourth-order valence-electron chi connectivity index (χ4n) is 1.73. The van der Waals surface area contributed by atoms with Crippen LogP contribution in [0, 0.1) is 0 Å². The number of hydrogen-bond acceptors (Lipinski definition) is 5. The van der Waals surface area contributed by atoms with Crippen molar-refractivity contribution in [3.05, 3.63) is 29.8 Å². The first-order chi connectivity index (χ1) is 9.99. The van der Waals surface area contributed by atoms with E-state index >= 15 is 0 Å². The second kappa shape index (κ2) is 8.26.